The highest BCUT2D eigenvalue weighted by atomic mass is 35.5. The van der Waals surface area contributed by atoms with Gasteiger partial charge in [0, 0.05) is 25.4 Å². The smallest absolute Gasteiger partial charge is 0.227 e. The predicted molar refractivity (Wildman–Crippen MR) is 105 cm³/mol. The molecule has 0 aliphatic carbocycles. The normalized spacial score (nSPS) is 10.6. The number of hydrogen-bond donors (Lipinski definition) is 1. The third-order valence-electron chi connectivity index (χ3n) is 3.66. The van der Waals surface area contributed by atoms with Crippen molar-refractivity contribution in [2.45, 2.75) is 13.5 Å². The van der Waals surface area contributed by atoms with Crippen LogP contribution in [0.1, 0.15) is 11.3 Å². The summed E-state index contributed by atoms with van der Waals surface area (Å²) in [4.78, 5) is 11.1. The van der Waals surface area contributed by atoms with E-state index in [4.69, 9.17) is 23.2 Å². The van der Waals surface area contributed by atoms with Gasteiger partial charge in [-0.3, -0.25) is 0 Å². The molecule has 3 aromatic rings. The molecule has 2 aromatic carbocycles. The number of nitrogens with one attached hydrogen (secondary N) is 1. The fraction of sp³-hybridized carbons (Fsp3) is 0.158. The van der Waals surface area contributed by atoms with Crippen LogP contribution in [0, 0.1) is 6.92 Å². The van der Waals surface area contributed by atoms with Crippen LogP contribution in [-0.4, -0.2) is 17.0 Å². The summed E-state index contributed by atoms with van der Waals surface area (Å²) >= 11 is 12.3. The third-order valence-corrected chi connectivity index (χ3v) is 4.48. The number of aromatic nitrogens is 2. The third kappa shape index (κ3) is 4.41. The maximum Gasteiger partial charge on any atom is 0.227 e. The predicted octanol–water partition coefficient (Wildman–Crippen LogP) is 5.47. The van der Waals surface area contributed by atoms with Gasteiger partial charge in [-0.05, 0) is 24.6 Å². The Labute approximate surface area is 157 Å². The van der Waals surface area contributed by atoms with E-state index in [1.807, 2.05) is 55.3 Å². The molecule has 1 aromatic heterocycles. The average Bonchev–Trinajstić information content (AvgIpc) is 2.59. The first-order valence-corrected chi connectivity index (χ1v) is 8.60. The number of halogens is 2. The number of rotatable bonds is 5. The lowest BCUT2D eigenvalue weighted by Crippen LogP contribution is -2.19. The largest absolute Gasteiger partial charge is 0.339 e. The Bertz CT molecular complexity index is 869. The molecule has 1 heterocycles. The van der Waals surface area contributed by atoms with Gasteiger partial charge in [-0.15, -0.1) is 0 Å². The number of nitrogens with zero attached hydrogens (tertiary/aromatic N) is 3. The van der Waals surface area contributed by atoms with E-state index in [1.165, 1.54) is 5.56 Å². The number of anilines is 3. The van der Waals surface area contributed by atoms with Crippen molar-refractivity contribution in [3.05, 3.63) is 75.9 Å². The maximum absolute atomic E-state index is 6.24. The summed E-state index contributed by atoms with van der Waals surface area (Å²) < 4.78 is 0. The Kier molecular flexibility index (Phi) is 5.41. The molecule has 3 rings (SSSR count). The minimum absolute atomic E-state index is 0.472. The molecular formula is C19H18Cl2N4. The van der Waals surface area contributed by atoms with Crippen molar-refractivity contribution in [2.24, 2.45) is 0 Å². The van der Waals surface area contributed by atoms with Crippen LogP contribution in [0.15, 0.2) is 54.6 Å². The first kappa shape index (κ1) is 17.5. The van der Waals surface area contributed by atoms with Gasteiger partial charge in [0.05, 0.1) is 15.7 Å². The first-order chi connectivity index (χ1) is 12.0. The van der Waals surface area contributed by atoms with E-state index >= 15 is 0 Å². The molecule has 0 bridgehead atoms. The summed E-state index contributed by atoms with van der Waals surface area (Å²) in [6, 6.07) is 17.5. The van der Waals surface area contributed by atoms with Crippen LogP contribution >= 0.6 is 23.2 Å². The van der Waals surface area contributed by atoms with E-state index in [2.05, 4.69) is 27.4 Å². The van der Waals surface area contributed by atoms with E-state index in [-0.39, 0.29) is 0 Å². The Morgan fingerprint density at radius 2 is 1.76 bits per heavy atom. The van der Waals surface area contributed by atoms with E-state index in [1.54, 1.807) is 6.07 Å². The molecular weight excluding hydrogens is 355 g/mol. The Hall–Kier alpha value is -2.30. The van der Waals surface area contributed by atoms with Crippen LogP contribution in [0.4, 0.5) is 17.5 Å². The second-order valence-electron chi connectivity index (χ2n) is 5.76. The summed E-state index contributed by atoms with van der Waals surface area (Å²) in [5, 5.41) is 4.19. The van der Waals surface area contributed by atoms with Gasteiger partial charge in [0.25, 0.3) is 0 Å². The standard InChI is InChI=1S/C19H18Cl2N4/c1-13-11-17(23-16-10-6-9-15(20)18(16)21)24-19(22-13)25(2)12-14-7-4-3-5-8-14/h3-11H,12H2,1-2H3,(H,22,23,24). The molecule has 0 atom stereocenters. The molecule has 0 saturated carbocycles. The SMILES string of the molecule is Cc1cc(Nc2cccc(Cl)c2Cl)nc(N(C)Cc2ccccc2)n1. The highest BCUT2D eigenvalue weighted by Gasteiger charge is 2.10. The molecule has 0 unspecified atom stereocenters. The van der Waals surface area contributed by atoms with Crippen LogP contribution in [0.3, 0.4) is 0 Å². The van der Waals surface area contributed by atoms with E-state index in [0.29, 0.717) is 27.5 Å². The van der Waals surface area contributed by atoms with Crippen molar-refractivity contribution in [3.63, 3.8) is 0 Å². The number of hydrogen-bond acceptors (Lipinski definition) is 4. The zero-order valence-corrected chi connectivity index (χ0v) is 15.5. The molecule has 6 heteroatoms. The molecule has 0 spiro atoms. The zero-order chi connectivity index (χ0) is 17.8. The molecule has 0 aliphatic heterocycles. The lowest BCUT2D eigenvalue weighted by molar-refractivity contribution is 0.861. The van der Waals surface area contributed by atoms with Gasteiger partial charge < -0.3 is 10.2 Å². The van der Waals surface area contributed by atoms with E-state index in [0.717, 1.165) is 12.2 Å². The molecule has 25 heavy (non-hydrogen) atoms. The lowest BCUT2D eigenvalue weighted by Gasteiger charge is -2.19. The van der Waals surface area contributed by atoms with Crippen LogP contribution in [0.25, 0.3) is 0 Å². The molecule has 0 fully saturated rings. The minimum atomic E-state index is 0.472. The Balaban J connectivity index is 1.84. The van der Waals surface area contributed by atoms with Crippen molar-refractivity contribution >= 4 is 40.7 Å². The zero-order valence-electron chi connectivity index (χ0n) is 14.0. The van der Waals surface area contributed by atoms with E-state index in [9.17, 15) is 0 Å². The second-order valence-corrected chi connectivity index (χ2v) is 6.55. The van der Waals surface area contributed by atoms with Crippen molar-refractivity contribution in [2.75, 3.05) is 17.3 Å². The van der Waals surface area contributed by atoms with Crippen molar-refractivity contribution in [1.29, 1.82) is 0 Å². The van der Waals surface area contributed by atoms with Gasteiger partial charge in [0.2, 0.25) is 5.95 Å². The summed E-state index contributed by atoms with van der Waals surface area (Å²) in [6.45, 7) is 2.66. The summed E-state index contributed by atoms with van der Waals surface area (Å²) in [5.74, 6) is 1.32. The second kappa shape index (κ2) is 7.72. The molecule has 0 saturated heterocycles. The topological polar surface area (TPSA) is 41.1 Å². The van der Waals surface area contributed by atoms with Gasteiger partial charge in [-0.2, -0.15) is 4.98 Å². The van der Waals surface area contributed by atoms with Gasteiger partial charge in [0.15, 0.2) is 0 Å². The van der Waals surface area contributed by atoms with Crippen LogP contribution in [0.5, 0.6) is 0 Å². The van der Waals surface area contributed by atoms with Gasteiger partial charge >= 0.3 is 0 Å². The monoisotopic (exact) mass is 372 g/mol. The van der Waals surface area contributed by atoms with Gasteiger partial charge in [0.1, 0.15) is 5.82 Å². The van der Waals surface area contributed by atoms with Crippen molar-refractivity contribution in [3.8, 4) is 0 Å². The highest BCUT2D eigenvalue weighted by molar-refractivity contribution is 6.43. The molecule has 1 N–H and O–H groups in total. The van der Waals surface area contributed by atoms with Crippen LogP contribution < -0.4 is 10.2 Å². The average molecular weight is 373 g/mol. The molecule has 0 aliphatic rings. The van der Waals surface area contributed by atoms with Gasteiger partial charge in [-0.1, -0.05) is 59.6 Å². The highest BCUT2D eigenvalue weighted by Crippen LogP contribution is 2.31. The van der Waals surface area contributed by atoms with E-state index < -0.39 is 0 Å². The molecule has 128 valence electrons. The maximum atomic E-state index is 6.24. The first-order valence-electron chi connectivity index (χ1n) is 7.85. The summed E-state index contributed by atoms with van der Waals surface area (Å²) in [6.07, 6.45) is 0. The Morgan fingerprint density at radius 1 is 1.00 bits per heavy atom. The number of benzene rings is 2. The summed E-state index contributed by atoms with van der Waals surface area (Å²) in [7, 11) is 1.97. The molecule has 0 radical (unpaired) electrons. The minimum Gasteiger partial charge on any atom is -0.339 e. The van der Waals surface area contributed by atoms with Crippen molar-refractivity contribution in [1.82, 2.24) is 9.97 Å². The molecule has 0 amide bonds. The van der Waals surface area contributed by atoms with Gasteiger partial charge in [-0.25, -0.2) is 4.98 Å². The Morgan fingerprint density at radius 3 is 2.52 bits per heavy atom. The fourth-order valence-electron chi connectivity index (χ4n) is 2.45. The lowest BCUT2D eigenvalue weighted by atomic mass is 10.2. The summed E-state index contributed by atoms with van der Waals surface area (Å²) in [5.41, 5.74) is 2.77. The van der Waals surface area contributed by atoms with Crippen LogP contribution in [0.2, 0.25) is 10.0 Å². The quantitative estimate of drug-likeness (QED) is 0.644. The fourth-order valence-corrected chi connectivity index (χ4v) is 2.80. The van der Waals surface area contributed by atoms with Crippen LogP contribution in [-0.2, 0) is 6.54 Å². The molecule has 4 nitrogen and oxygen atoms in total. The van der Waals surface area contributed by atoms with Crippen molar-refractivity contribution < 1.29 is 0 Å². The number of aryl methyl sites for hydroxylation is 1.